The molecule has 3 rings (SSSR count). The van der Waals surface area contributed by atoms with Crippen LogP contribution >= 0.6 is 24.8 Å². The minimum absolute atomic E-state index is 0. The molecule has 0 atom stereocenters. The summed E-state index contributed by atoms with van der Waals surface area (Å²) in [6.45, 7) is 4.76. The van der Waals surface area contributed by atoms with Gasteiger partial charge in [0, 0.05) is 37.4 Å². The quantitative estimate of drug-likeness (QED) is 0.657. The van der Waals surface area contributed by atoms with E-state index < -0.39 is 5.54 Å². The number of hydrogen-bond acceptors (Lipinski definition) is 5. The molecule has 1 aromatic carbocycles. The number of nitrogens with one attached hydrogen (secondary N) is 2. The standard InChI is InChI=1S/C17H24N4O3.2ClH/c18-17(5-6-17)16(23)20-14-3-1-13(2-4-14)15(22)19-7-8-21-9-11-24-12-10-21;;/h1-4H,5-12,18H2,(H,19,22)(H,20,23);2*1H. The van der Waals surface area contributed by atoms with Crippen LogP contribution in [0.15, 0.2) is 24.3 Å². The minimum Gasteiger partial charge on any atom is -0.379 e. The number of morpholine rings is 1. The first-order valence-electron chi connectivity index (χ1n) is 8.35. The Bertz CT molecular complexity index is 603. The lowest BCUT2D eigenvalue weighted by molar-refractivity contribution is -0.118. The largest absolute Gasteiger partial charge is 0.379 e. The van der Waals surface area contributed by atoms with E-state index in [0.717, 1.165) is 45.7 Å². The summed E-state index contributed by atoms with van der Waals surface area (Å²) in [7, 11) is 0. The van der Waals surface area contributed by atoms with E-state index in [2.05, 4.69) is 15.5 Å². The highest BCUT2D eigenvalue weighted by atomic mass is 35.5. The molecule has 2 fully saturated rings. The van der Waals surface area contributed by atoms with Crippen LogP contribution in [-0.2, 0) is 9.53 Å². The second kappa shape index (κ2) is 10.1. The summed E-state index contributed by atoms with van der Waals surface area (Å²) in [5.41, 5.74) is 6.37. The van der Waals surface area contributed by atoms with Crippen LogP contribution in [0.2, 0.25) is 0 Å². The van der Waals surface area contributed by atoms with Gasteiger partial charge in [0.05, 0.1) is 18.8 Å². The van der Waals surface area contributed by atoms with Crippen LogP contribution in [0.25, 0.3) is 0 Å². The number of hydrogen-bond donors (Lipinski definition) is 3. The van der Waals surface area contributed by atoms with Gasteiger partial charge in [-0.05, 0) is 37.1 Å². The number of ether oxygens (including phenoxy) is 1. The Morgan fingerprint density at radius 2 is 1.73 bits per heavy atom. The predicted octanol–water partition coefficient (Wildman–Crippen LogP) is 1.02. The Balaban J connectivity index is 0.00000169. The summed E-state index contributed by atoms with van der Waals surface area (Å²) < 4.78 is 5.29. The number of anilines is 1. The highest BCUT2D eigenvalue weighted by molar-refractivity contribution is 6.00. The van der Waals surface area contributed by atoms with Crippen molar-refractivity contribution in [1.82, 2.24) is 10.2 Å². The first kappa shape index (κ1) is 22.7. The average molecular weight is 405 g/mol. The van der Waals surface area contributed by atoms with Gasteiger partial charge < -0.3 is 21.1 Å². The van der Waals surface area contributed by atoms with E-state index in [1.807, 2.05) is 0 Å². The van der Waals surface area contributed by atoms with Crippen LogP contribution < -0.4 is 16.4 Å². The predicted molar refractivity (Wildman–Crippen MR) is 105 cm³/mol. The summed E-state index contributed by atoms with van der Waals surface area (Å²) in [6, 6.07) is 6.85. The lowest BCUT2D eigenvalue weighted by atomic mass is 10.2. The molecule has 0 aromatic heterocycles. The van der Waals surface area contributed by atoms with Crippen molar-refractivity contribution in [1.29, 1.82) is 0 Å². The Morgan fingerprint density at radius 3 is 2.31 bits per heavy atom. The average Bonchev–Trinajstić information content (AvgIpc) is 3.35. The zero-order chi connectivity index (χ0) is 17.0. The van der Waals surface area contributed by atoms with Crippen LogP contribution in [0, 0.1) is 0 Å². The van der Waals surface area contributed by atoms with Gasteiger partial charge in [0.25, 0.3) is 5.91 Å². The molecule has 2 amide bonds. The zero-order valence-electron chi connectivity index (χ0n) is 14.5. The molecule has 9 heteroatoms. The summed E-state index contributed by atoms with van der Waals surface area (Å²) in [5, 5.41) is 5.69. The third-order valence-corrected chi connectivity index (χ3v) is 4.46. The van der Waals surface area contributed by atoms with Gasteiger partial charge in [-0.25, -0.2) is 0 Å². The second-order valence-electron chi connectivity index (χ2n) is 6.40. The fourth-order valence-corrected chi connectivity index (χ4v) is 2.58. The summed E-state index contributed by atoms with van der Waals surface area (Å²) in [6.07, 6.45) is 1.45. The van der Waals surface area contributed by atoms with Crippen molar-refractivity contribution in [2.75, 3.05) is 44.7 Å². The Labute approximate surface area is 165 Å². The zero-order valence-corrected chi connectivity index (χ0v) is 16.2. The molecule has 0 radical (unpaired) electrons. The number of amides is 2. The smallest absolute Gasteiger partial charge is 0.251 e. The van der Waals surface area contributed by atoms with Gasteiger partial charge in [0.15, 0.2) is 0 Å². The topological polar surface area (TPSA) is 96.7 Å². The molecule has 1 heterocycles. The van der Waals surface area contributed by atoms with Gasteiger partial charge in [0.1, 0.15) is 0 Å². The van der Waals surface area contributed by atoms with Gasteiger partial charge in [-0.15, -0.1) is 24.8 Å². The van der Waals surface area contributed by atoms with E-state index >= 15 is 0 Å². The molecular weight excluding hydrogens is 379 g/mol. The molecule has 2 aliphatic rings. The maximum absolute atomic E-state index is 12.1. The van der Waals surface area contributed by atoms with E-state index in [1.54, 1.807) is 24.3 Å². The van der Waals surface area contributed by atoms with Crippen molar-refractivity contribution in [2.24, 2.45) is 5.73 Å². The molecule has 1 aliphatic heterocycles. The Kier molecular flexibility index (Phi) is 8.79. The van der Waals surface area contributed by atoms with Crippen LogP contribution in [-0.4, -0.2) is 61.6 Å². The molecule has 4 N–H and O–H groups in total. The number of carbonyl (C=O) groups excluding carboxylic acids is 2. The van der Waals surface area contributed by atoms with Crippen molar-refractivity contribution in [3.63, 3.8) is 0 Å². The first-order chi connectivity index (χ1) is 11.6. The molecule has 1 saturated carbocycles. The molecule has 26 heavy (non-hydrogen) atoms. The molecule has 1 saturated heterocycles. The molecule has 1 aliphatic carbocycles. The third kappa shape index (κ3) is 6.10. The number of nitrogens with two attached hydrogens (primary N) is 1. The second-order valence-corrected chi connectivity index (χ2v) is 6.40. The first-order valence-corrected chi connectivity index (χ1v) is 8.35. The maximum Gasteiger partial charge on any atom is 0.251 e. The molecule has 1 aromatic rings. The van der Waals surface area contributed by atoms with Crippen LogP contribution in [0.5, 0.6) is 0 Å². The highest BCUT2D eigenvalue weighted by Crippen LogP contribution is 2.33. The van der Waals surface area contributed by atoms with Crippen LogP contribution in [0.3, 0.4) is 0 Å². The van der Waals surface area contributed by atoms with Crippen molar-refractivity contribution in [3.8, 4) is 0 Å². The van der Waals surface area contributed by atoms with Crippen LogP contribution in [0.1, 0.15) is 23.2 Å². The van der Waals surface area contributed by atoms with E-state index in [-0.39, 0.29) is 36.6 Å². The summed E-state index contributed by atoms with van der Waals surface area (Å²) in [5.74, 6) is -0.274. The van der Waals surface area contributed by atoms with Gasteiger partial charge in [-0.1, -0.05) is 0 Å². The lowest BCUT2D eigenvalue weighted by Crippen LogP contribution is -2.41. The van der Waals surface area contributed by atoms with Crippen molar-refractivity contribution < 1.29 is 14.3 Å². The monoisotopic (exact) mass is 404 g/mol. The number of rotatable bonds is 6. The van der Waals surface area contributed by atoms with Gasteiger partial charge >= 0.3 is 0 Å². The normalized spacial score (nSPS) is 18.0. The fraction of sp³-hybridized carbons (Fsp3) is 0.529. The number of nitrogens with zero attached hydrogens (tertiary/aromatic N) is 1. The molecule has 0 bridgehead atoms. The summed E-state index contributed by atoms with van der Waals surface area (Å²) in [4.78, 5) is 26.3. The molecular formula is C17H26Cl2N4O3. The van der Waals surface area contributed by atoms with E-state index in [0.29, 0.717) is 17.8 Å². The van der Waals surface area contributed by atoms with Crippen molar-refractivity contribution >= 4 is 42.3 Å². The van der Waals surface area contributed by atoms with Gasteiger partial charge in [-0.3, -0.25) is 14.5 Å². The van der Waals surface area contributed by atoms with E-state index in [9.17, 15) is 9.59 Å². The van der Waals surface area contributed by atoms with E-state index in [1.165, 1.54) is 0 Å². The fourth-order valence-electron chi connectivity index (χ4n) is 2.58. The molecule has 146 valence electrons. The molecule has 0 spiro atoms. The third-order valence-electron chi connectivity index (χ3n) is 4.46. The van der Waals surface area contributed by atoms with Crippen molar-refractivity contribution in [3.05, 3.63) is 29.8 Å². The Morgan fingerprint density at radius 1 is 1.12 bits per heavy atom. The minimum atomic E-state index is -0.699. The number of halogens is 2. The Hall–Kier alpha value is -1.38. The van der Waals surface area contributed by atoms with Gasteiger partial charge in [-0.2, -0.15) is 0 Å². The SMILES string of the molecule is Cl.Cl.NC1(C(=O)Nc2ccc(C(=O)NCCN3CCOCC3)cc2)CC1. The highest BCUT2D eigenvalue weighted by Gasteiger charge is 2.45. The summed E-state index contributed by atoms with van der Waals surface area (Å²) >= 11 is 0. The molecule has 0 unspecified atom stereocenters. The van der Waals surface area contributed by atoms with Gasteiger partial charge in [0.2, 0.25) is 5.91 Å². The van der Waals surface area contributed by atoms with Crippen LogP contribution in [0.4, 0.5) is 5.69 Å². The lowest BCUT2D eigenvalue weighted by Gasteiger charge is -2.26. The van der Waals surface area contributed by atoms with E-state index in [4.69, 9.17) is 10.5 Å². The number of carbonyl (C=O) groups is 2. The number of benzene rings is 1. The van der Waals surface area contributed by atoms with Crippen molar-refractivity contribution in [2.45, 2.75) is 18.4 Å². The molecule has 7 nitrogen and oxygen atoms in total. The maximum atomic E-state index is 12.1.